The van der Waals surface area contributed by atoms with Crippen molar-refractivity contribution in [2.45, 2.75) is 31.1 Å². The highest BCUT2D eigenvalue weighted by molar-refractivity contribution is 6.17. The first kappa shape index (κ1) is 36.1. The van der Waals surface area contributed by atoms with Crippen molar-refractivity contribution in [3.05, 3.63) is 222 Å². The summed E-state index contributed by atoms with van der Waals surface area (Å²) < 4.78 is 4.93. The molecule has 294 valence electrons. The second-order valence-electron chi connectivity index (χ2n) is 17.3. The van der Waals surface area contributed by atoms with E-state index in [4.69, 9.17) is 6.42 Å². The number of rotatable bonds is 6. The van der Waals surface area contributed by atoms with Crippen LogP contribution in [0.4, 0.5) is 0 Å². The van der Waals surface area contributed by atoms with Crippen LogP contribution in [0.25, 0.3) is 77.2 Å². The standard InChI is InChI=1S/C59H42N2O/c1-4-5-6-7-19-34-59(49-27-16-18-29-55(49)62)48-26-15-12-24-43(48)56-50(59)32-31-42-41-23-13-17-28-52(41)61(57(42)56)39-30-33-53-45(35-39)46-36-44-40-22-11-14-25-47(40)58(2,3)51(44)37-54(46)60(53)38-20-9-8-10-21-38/h1,5-33,35-37,62H,34H2,2-3H3/b6-5-,19-7-. The molecule has 0 fully saturated rings. The summed E-state index contributed by atoms with van der Waals surface area (Å²) in [7, 11) is 0. The van der Waals surface area contributed by atoms with Gasteiger partial charge in [-0.3, -0.25) is 0 Å². The first-order valence-electron chi connectivity index (χ1n) is 21.4. The smallest absolute Gasteiger partial charge is 0.120 e. The molecule has 2 aliphatic carbocycles. The number of allylic oxidation sites excluding steroid dienone is 4. The van der Waals surface area contributed by atoms with Crippen LogP contribution in [0.5, 0.6) is 5.75 Å². The molecule has 1 atom stereocenters. The maximum atomic E-state index is 11.7. The minimum atomic E-state index is -0.662. The molecule has 3 nitrogen and oxygen atoms in total. The average Bonchev–Trinajstić information content (AvgIpc) is 3.98. The molecule has 2 aliphatic rings. The van der Waals surface area contributed by atoms with Crippen molar-refractivity contribution in [2.75, 3.05) is 0 Å². The highest BCUT2D eigenvalue weighted by Crippen LogP contribution is 2.59. The van der Waals surface area contributed by atoms with Crippen molar-refractivity contribution in [1.82, 2.24) is 9.13 Å². The second kappa shape index (κ2) is 13.4. The summed E-state index contributed by atoms with van der Waals surface area (Å²) in [6.45, 7) is 4.72. The maximum absolute atomic E-state index is 11.7. The number of hydrogen-bond acceptors (Lipinski definition) is 1. The highest BCUT2D eigenvalue weighted by atomic mass is 16.3. The normalized spacial score (nSPS) is 16.1. The van der Waals surface area contributed by atoms with Crippen LogP contribution in [0, 0.1) is 12.3 Å². The fourth-order valence-corrected chi connectivity index (χ4v) is 11.3. The van der Waals surface area contributed by atoms with Crippen molar-refractivity contribution in [2.24, 2.45) is 0 Å². The number of para-hydroxylation sites is 3. The lowest BCUT2D eigenvalue weighted by molar-refractivity contribution is 0.454. The molecule has 2 heterocycles. The van der Waals surface area contributed by atoms with E-state index in [-0.39, 0.29) is 11.2 Å². The largest absolute Gasteiger partial charge is 0.508 e. The van der Waals surface area contributed by atoms with Gasteiger partial charge >= 0.3 is 0 Å². The van der Waals surface area contributed by atoms with E-state index in [2.05, 4.69) is 187 Å². The summed E-state index contributed by atoms with van der Waals surface area (Å²) in [4.78, 5) is 0. The van der Waals surface area contributed by atoms with Gasteiger partial charge in [0, 0.05) is 49.5 Å². The molecular formula is C59H42N2O. The van der Waals surface area contributed by atoms with Crippen LogP contribution in [-0.4, -0.2) is 14.2 Å². The molecule has 3 heteroatoms. The zero-order chi connectivity index (χ0) is 41.7. The Balaban J connectivity index is 1.18. The SMILES string of the molecule is C#C/C=C\C=C/CC1(c2ccccc2O)c2ccccc2-c2c1ccc1c3ccccc3n(-c3ccc4c(c3)c3cc5c(cc3n4-c3ccccc3)C(C)(C)c3ccccc3-5)c21. The summed E-state index contributed by atoms with van der Waals surface area (Å²) >= 11 is 0. The van der Waals surface area contributed by atoms with Crippen molar-refractivity contribution < 1.29 is 5.11 Å². The van der Waals surface area contributed by atoms with E-state index in [9.17, 15) is 5.11 Å². The number of phenolic OH excluding ortho intramolecular Hbond substituents is 1. The van der Waals surface area contributed by atoms with Crippen molar-refractivity contribution in [1.29, 1.82) is 0 Å². The van der Waals surface area contributed by atoms with E-state index in [0.29, 0.717) is 6.42 Å². The fraction of sp³-hybridized carbons (Fsp3) is 0.0847. The van der Waals surface area contributed by atoms with Crippen LogP contribution in [-0.2, 0) is 10.8 Å². The van der Waals surface area contributed by atoms with Gasteiger partial charge in [-0.2, -0.15) is 0 Å². The van der Waals surface area contributed by atoms with E-state index in [1.807, 2.05) is 30.4 Å². The number of hydrogen-bond donors (Lipinski definition) is 1. The maximum Gasteiger partial charge on any atom is 0.120 e. The highest BCUT2D eigenvalue weighted by Gasteiger charge is 2.46. The topological polar surface area (TPSA) is 30.1 Å². The van der Waals surface area contributed by atoms with Crippen LogP contribution < -0.4 is 0 Å². The number of fused-ring (bicyclic) bond motifs is 13. The number of terminal acetylenes is 1. The Morgan fingerprint density at radius 1 is 0.516 bits per heavy atom. The van der Waals surface area contributed by atoms with E-state index >= 15 is 0 Å². The van der Waals surface area contributed by atoms with E-state index < -0.39 is 5.41 Å². The van der Waals surface area contributed by atoms with Crippen LogP contribution in [0.2, 0.25) is 0 Å². The molecule has 0 radical (unpaired) electrons. The summed E-state index contributed by atoms with van der Waals surface area (Å²) in [6, 6.07) is 61.6. The molecule has 12 rings (SSSR count). The molecule has 0 spiro atoms. The first-order valence-corrected chi connectivity index (χ1v) is 21.4. The Morgan fingerprint density at radius 2 is 1.21 bits per heavy atom. The van der Waals surface area contributed by atoms with Crippen molar-refractivity contribution in [3.8, 4) is 51.7 Å². The molecule has 0 bridgehead atoms. The molecule has 8 aromatic carbocycles. The van der Waals surface area contributed by atoms with E-state index in [1.165, 1.54) is 77.1 Å². The molecule has 0 saturated heterocycles. The minimum Gasteiger partial charge on any atom is -0.508 e. The van der Waals surface area contributed by atoms with Gasteiger partial charge in [0.25, 0.3) is 0 Å². The van der Waals surface area contributed by atoms with Gasteiger partial charge in [0.2, 0.25) is 0 Å². The molecule has 0 aliphatic heterocycles. The third-order valence-corrected chi connectivity index (χ3v) is 13.9. The number of aromatic hydroxyl groups is 1. The van der Waals surface area contributed by atoms with Crippen molar-refractivity contribution >= 4 is 43.6 Å². The third-order valence-electron chi connectivity index (χ3n) is 13.9. The lowest BCUT2D eigenvalue weighted by Gasteiger charge is -2.32. The molecular weight excluding hydrogens is 753 g/mol. The summed E-state index contributed by atoms with van der Waals surface area (Å²) in [5.41, 5.74) is 17.1. The predicted molar refractivity (Wildman–Crippen MR) is 258 cm³/mol. The van der Waals surface area contributed by atoms with Crippen LogP contribution in [0.3, 0.4) is 0 Å². The van der Waals surface area contributed by atoms with Gasteiger partial charge in [-0.15, -0.1) is 6.42 Å². The Labute approximate surface area is 361 Å². The molecule has 62 heavy (non-hydrogen) atoms. The summed E-state index contributed by atoms with van der Waals surface area (Å²) in [6.07, 6.45) is 14.0. The lowest BCUT2D eigenvalue weighted by atomic mass is 9.69. The third kappa shape index (κ3) is 4.84. The zero-order valence-corrected chi connectivity index (χ0v) is 34.6. The second-order valence-corrected chi connectivity index (χ2v) is 17.3. The lowest BCUT2D eigenvalue weighted by Crippen LogP contribution is -2.26. The van der Waals surface area contributed by atoms with E-state index in [1.54, 1.807) is 6.08 Å². The predicted octanol–water partition coefficient (Wildman–Crippen LogP) is 14.3. The van der Waals surface area contributed by atoms with Gasteiger partial charge in [0.1, 0.15) is 5.75 Å². The Morgan fingerprint density at radius 3 is 2.03 bits per heavy atom. The molecule has 1 N–H and O–H groups in total. The molecule has 0 amide bonds. The fourth-order valence-electron chi connectivity index (χ4n) is 11.3. The Kier molecular flexibility index (Phi) is 7.77. The van der Waals surface area contributed by atoms with Gasteiger partial charge in [0.05, 0.1) is 27.5 Å². The van der Waals surface area contributed by atoms with Gasteiger partial charge in [0.15, 0.2) is 0 Å². The summed E-state index contributed by atoms with van der Waals surface area (Å²) in [5.74, 6) is 2.88. The van der Waals surface area contributed by atoms with Gasteiger partial charge in [-0.25, -0.2) is 0 Å². The summed E-state index contributed by atoms with van der Waals surface area (Å²) in [5, 5.41) is 16.6. The van der Waals surface area contributed by atoms with Crippen LogP contribution in [0.1, 0.15) is 48.1 Å². The monoisotopic (exact) mass is 794 g/mol. The van der Waals surface area contributed by atoms with Gasteiger partial charge < -0.3 is 14.2 Å². The average molecular weight is 795 g/mol. The van der Waals surface area contributed by atoms with Crippen LogP contribution >= 0.6 is 0 Å². The Bertz CT molecular complexity index is 3610. The Hall–Kier alpha value is -7.80. The number of benzene rings is 8. The molecule has 2 aromatic heterocycles. The first-order chi connectivity index (χ1) is 30.4. The molecule has 0 saturated carbocycles. The zero-order valence-electron chi connectivity index (χ0n) is 34.6. The minimum absolute atomic E-state index is 0.122. The molecule has 1 unspecified atom stereocenters. The number of nitrogens with zero attached hydrogens (tertiary/aromatic N) is 2. The van der Waals surface area contributed by atoms with Gasteiger partial charge in [-0.05, 0) is 106 Å². The van der Waals surface area contributed by atoms with Crippen molar-refractivity contribution in [3.63, 3.8) is 0 Å². The number of aromatic nitrogens is 2. The number of phenols is 1. The van der Waals surface area contributed by atoms with Gasteiger partial charge in [-0.1, -0.05) is 153 Å². The molecule has 10 aromatic rings. The van der Waals surface area contributed by atoms with Crippen LogP contribution in [0.15, 0.2) is 194 Å². The van der Waals surface area contributed by atoms with E-state index in [0.717, 1.165) is 28.0 Å². The quantitative estimate of drug-likeness (QED) is 0.132.